The Morgan fingerprint density at radius 3 is 1.98 bits per heavy atom. The second-order valence-electron chi connectivity index (χ2n) is 10.7. The van der Waals surface area contributed by atoms with Crippen LogP contribution in [-0.4, -0.2) is 116 Å². The largest absolute Gasteiger partial charge is 0.460 e. The normalized spacial score (nSPS) is 34.5. The summed E-state index contributed by atoms with van der Waals surface area (Å²) in [4.78, 5) is 12.4. The van der Waals surface area contributed by atoms with E-state index in [9.17, 15) is 40.5 Å². The van der Waals surface area contributed by atoms with Crippen LogP contribution >= 0.6 is 0 Å². The minimum atomic E-state index is -2.25. The fourth-order valence-corrected chi connectivity index (χ4v) is 4.86. The number of ether oxygens (including phenoxy) is 4. The zero-order valence-corrected chi connectivity index (χ0v) is 23.6. The lowest BCUT2D eigenvalue weighted by Gasteiger charge is -2.43. The van der Waals surface area contributed by atoms with Crippen LogP contribution in [-0.2, 0) is 23.7 Å². The van der Waals surface area contributed by atoms with Crippen LogP contribution in [0, 0.1) is 0 Å². The van der Waals surface area contributed by atoms with E-state index in [1.54, 1.807) is 0 Å². The molecule has 2 saturated heterocycles. The first-order valence-electron chi connectivity index (χ1n) is 14.6. The number of hydrogen-bond donors (Lipinski definition) is 7. The number of aliphatic hydroxyl groups excluding tert-OH is 7. The number of hydrogen-bond acceptors (Lipinski definition) is 12. The highest BCUT2D eigenvalue weighted by atomic mass is 16.8. The van der Waals surface area contributed by atoms with Crippen LogP contribution in [0.2, 0.25) is 0 Å². The standard InChI is InChI=1S/C28H50O12/c1-2-3-4-5-6-7-8-9-10-11-12-13-14-15-21(31)37-18-28(26(36)23(33)20(17-30)39-28)40-27-25(35)24(34)22(32)19(16-29)38-27/h7-8,19-20,22-27,29-30,32-36H,2-6,9-18H2,1H3/t19-,20-,22-,23-,24+,25-,26+,27-,28+/m1/s1. The van der Waals surface area contributed by atoms with Gasteiger partial charge < -0.3 is 54.7 Å². The third-order valence-electron chi connectivity index (χ3n) is 7.43. The summed E-state index contributed by atoms with van der Waals surface area (Å²) < 4.78 is 21.7. The van der Waals surface area contributed by atoms with Crippen molar-refractivity contribution in [3.63, 3.8) is 0 Å². The van der Waals surface area contributed by atoms with Gasteiger partial charge in [-0.2, -0.15) is 0 Å². The molecule has 2 heterocycles. The average Bonchev–Trinajstić information content (AvgIpc) is 3.19. The van der Waals surface area contributed by atoms with Crippen LogP contribution in [0.15, 0.2) is 12.2 Å². The highest BCUT2D eigenvalue weighted by Gasteiger charge is 2.59. The van der Waals surface area contributed by atoms with E-state index in [4.69, 9.17) is 18.9 Å². The molecule has 2 rings (SSSR count). The third kappa shape index (κ3) is 10.3. The molecule has 2 fully saturated rings. The van der Waals surface area contributed by atoms with Crippen molar-refractivity contribution in [3.05, 3.63) is 12.2 Å². The Balaban J connectivity index is 1.78. The predicted octanol–water partition coefficient (Wildman–Crippen LogP) is 0.413. The molecule has 2 aliphatic rings. The molecule has 9 atom stereocenters. The third-order valence-corrected chi connectivity index (χ3v) is 7.43. The van der Waals surface area contributed by atoms with E-state index in [1.165, 1.54) is 25.7 Å². The van der Waals surface area contributed by atoms with Crippen LogP contribution in [0.4, 0.5) is 0 Å². The number of aliphatic hydroxyl groups is 7. The Labute approximate surface area is 236 Å². The first kappa shape index (κ1) is 35.0. The van der Waals surface area contributed by atoms with Crippen LogP contribution in [0.3, 0.4) is 0 Å². The lowest BCUT2D eigenvalue weighted by Crippen LogP contribution is -2.62. The molecule has 0 saturated carbocycles. The summed E-state index contributed by atoms with van der Waals surface area (Å²) in [6.07, 6.45) is 3.42. The molecule has 0 aromatic carbocycles. The van der Waals surface area contributed by atoms with Gasteiger partial charge in [0.15, 0.2) is 6.29 Å². The lowest BCUT2D eigenvalue weighted by molar-refractivity contribution is -0.383. The van der Waals surface area contributed by atoms with Crippen molar-refractivity contribution >= 4 is 5.97 Å². The number of carbonyl (C=O) groups excluding carboxylic acids is 1. The minimum absolute atomic E-state index is 0.107. The molecule has 0 bridgehead atoms. The van der Waals surface area contributed by atoms with Crippen LogP contribution in [0.25, 0.3) is 0 Å². The Hall–Kier alpha value is -1.19. The van der Waals surface area contributed by atoms with Crippen molar-refractivity contribution in [3.8, 4) is 0 Å². The van der Waals surface area contributed by atoms with Crippen molar-refractivity contribution in [1.82, 2.24) is 0 Å². The summed E-state index contributed by atoms with van der Waals surface area (Å²) in [5.74, 6) is -2.85. The van der Waals surface area contributed by atoms with E-state index < -0.39 is 80.6 Å². The van der Waals surface area contributed by atoms with Gasteiger partial charge in [0.2, 0.25) is 5.79 Å². The van der Waals surface area contributed by atoms with E-state index in [0.29, 0.717) is 6.42 Å². The molecule has 12 heteroatoms. The molecule has 234 valence electrons. The second-order valence-corrected chi connectivity index (χ2v) is 10.7. The molecule has 12 nitrogen and oxygen atoms in total. The molecule has 0 aromatic heterocycles. The van der Waals surface area contributed by atoms with Gasteiger partial charge in [-0.1, -0.05) is 57.6 Å². The van der Waals surface area contributed by atoms with Crippen molar-refractivity contribution in [1.29, 1.82) is 0 Å². The van der Waals surface area contributed by atoms with Crippen LogP contribution in [0.1, 0.15) is 84.0 Å². The summed E-state index contributed by atoms with van der Waals surface area (Å²) in [7, 11) is 0. The molecule has 0 radical (unpaired) electrons. The number of esters is 1. The molecule has 0 amide bonds. The van der Waals surface area contributed by atoms with Crippen molar-refractivity contribution in [2.24, 2.45) is 0 Å². The smallest absolute Gasteiger partial charge is 0.305 e. The average molecular weight is 579 g/mol. The SMILES string of the molecule is CCCCCCC=CCCCCCCCC(=O)OC[C@@]1(O[C@H]2O[C@H](CO)[C@@H](O)[C@H](O)[C@H]2O)O[C@H](CO)[C@@H](O)[C@@H]1O. The predicted molar refractivity (Wildman–Crippen MR) is 143 cm³/mol. The maximum Gasteiger partial charge on any atom is 0.305 e. The van der Waals surface area contributed by atoms with E-state index in [2.05, 4.69) is 19.1 Å². The van der Waals surface area contributed by atoms with Gasteiger partial charge in [-0.15, -0.1) is 0 Å². The lowest BCUT2D eigenvalue weighted by atomic mass is 9.99. The van der Waals surface area contributed by atoms with Crippen LogP contribution < -0.4 is 0 Å². The van der Waals surface area contributed by atoms with Gasteiger partial charge in [-0.3, -0.25) is 4.79 Å². The van der Waals surface area contributed by atoms with Crippen molar-refractivity contribution in [2.45, 2.75) is 139 Å². The van der Waals surface area contributed by atoms with Gasteiger partial charge in [0.25, 0.3) is 0 Å². The maximum atomic E-state index is 12.4. The molecule has 0 aliphatic carbocycles. The fraction of sp³-hybridized carbons (Fsp3) is 0.893. The molecule has 40 heavy (non-hydrogen) atoms. The quantitative estimate of drug-likeness (QED) is 0.0635. The van der Waals surface area contributed by atoms with E-state index in [1.807, 2.05) is 0 Å². The number of unbranched alkanes of at least 4 members (excludes halogenated alkanes) is 9. The minimum Gasteiger partial charge on any atom is -0.460 e. The molecule has 7 N–H and O–H groups in total. The van der Waals surface area contributed by atoms with Gasteiger partial charge in [0.1, 0.15) is 49.3 Å². The molecule has 0 unspecified atom stereocenters. The second kappa shape index (κ2) is 18.4. The van der Waals surface area contributed by atoms with Gasteiger partial charge in [-0.05, 0) is 32.1 Å². The van der Waals surface area contributed by atoms with Crippen LogP contribution in [0.5, 0.6) is 0 Å². The Bertz CT molecular complexity index is 734. The van der Waals surface area contributed by atoms with Gasteiger partial charge in [0, 0.05) is 6.42 Å². The molecule has 0 spiro atoms. The number of rotatable bonds is 19. The van der Waals surface area contributed by atoms with E-state index in [-0.39, 0.29) is 6.42 Å². The summed E-state index contributed by atoms with van der Waals surface area (Å²) in [6, 6.07) is 0. The highest BCUT2D eigenvalue weighted by molar-refractivity contribution is 5.69. The molecular formula is C28H50O12. The fourth-order valence-electron chi connectivity index (χ4n) is 4.86. The van der Waals surface area contributed by atoms with E-state index in [0.717, 1.165) is 38.5 Å². The molecular weight excluding hydrogens is 528 g/mol. The molecule has 2 aliphatic heterocycles. The maximum absolute atomic E-state index is 12.4. The summed E-state index contributed by atoms with van der Waals surface area (Å²) in [5.41, 5.74) is 0. The topological polar surface area (TPSA) is 196 Å². The monoisotopic (exact) mass is 578 g/mol. The first-order valence-corrected chi connectivity index (χ1v) is 14.6. The van der Waals surface area contributed by atoms with Crippen molar-refractivity contribution in [2.75, 3.05) is 19.8 Å². The van der Waals surface area contributed by atoms with Gasteiger partial charge >= 0.3 is 5.97 Å². The zero-order valence-electron chi connectivity index (χ0n) is 23.6. The number of carbonyl (C=O) groups is 1. The summed E-state index contributed by atoms with van der Waals surface area (Å²) >= 11 is 0. The Kier molecular flexibility index (Phi) is 16.1. The number of allylic oxidation sites excluding steroid dienone is 2. The van der Waals surface area contributed by atoms with Crippen molar-refractivity contribution < 1.29 is 59.5 Å². The highest BCUT2D eigenvalue weighted by Crippen LogP contribution is 2.36. The molecule has 0 aromatic rings. The summed E-state index contributed by atoms with van der Waals surface area (Å²) in [5, 5.41) is 70.3. The zero-order chi connectivity index (χ0) is 29.5. The van der Waals surface area contributed by atoms with Gasteiger partial charge in [0.05, 0.1) is 13.2 Å². The summed E-state index contributed by atoms with van der Waals surface area (Å²) in [6.45, 7) is 0.0889. The van der Waals surface area contributed by atoms with Gasteiger partial charge in [-0.25, -0.2) is 0 Å². The Morgan fingerprint density at radius 2 is 1.38 bits per heavy atom. The first-order chi connectivity index (χ1) is 19.2. The Morgan fingerprint density at radius 1 is 0.775 bits per heavy atom. The van der Waals surface area contributed by atoms with E-state index >= 15 is 0 Å².